The number of morpholine rings is 1. The van der Waals surface area contributed by atoms with E-state index < -0.39 is 0 Å². The van der Waals surface area contributed by atoms with Crippen LogP contribution in [0.25, 0.3) is 11.5 Å². The Balaban J connectivity index is 1.29. The van der Waals surface area contributed by atoms with Crippen molar-refractivity contribution in [1.29, 1.82) is 0 Å². The summed E-state index contributed by atoms with van der Waals surface area (Å²) in [6.07, 6.45) is 3.26. The average molecular weight is 357 g/mol. The summed E-state index contributed by atoms with van der Waals surface area (Å²) in [5, 5.41) is 10.5. The molecule has 2 aromatic rings. The first-order valence-electron chi connectivity index (χ1n) is 9.05. The first-order chi connectivity index (χ1) is 12.8. The van der Waals surface area contributed by atoms with Gasteiger partial charge in [-0.25, -0.2) is 5.01 Å². The molecule has 4 rings (SSSR count). The van der Waals surface area contributed by atoms with E-state index in [0.29, 0.717) is 19.0 Å². The Labute approximate surface area is 152 Å². The van der Waals surface area contributed by atoms with Crippen LogP contribution >= 0.6 is 0 Å². The van der Waals surface area contributed by atoms with Crippen molar-refractivity contribution in [1.82, 2.24) is 20.6 Å². The van der Waals surface area contributed by atoms with Crippen LogP contribution < -0.4 is 10.3 Å². The lowest BCUT2D eigenvalue weighted by molar-refractivity contribution is -0.132. The maximum atomic E-state index is 12.4. The molecule has 0 saturated carbocycles. The minimum Gasteiger partial charge on any atom is -0.463 e. The Bertz CT molecular complexity index is 705. The van der Waals surface area contributed by atoms with Crippen LogP contribution in [0.15, 0.2) is 34.9 Å². The van der Waals surface area contributed by atoms with E-state index in [-0.39, 0.29) is 11.8 Å². The second kappa shape index (κ2) is 7.84. The Morgan fingerprint density at radius 2 is 1.88 bits per heavy atom. The van der Waals surface area contributed by atoms with E-state index in [1.807, 2.05) is 29.3 Å². The highest BCUT2D eigenvalue weighted by Crippen LogP contribution is 2.23. The molecule has 2 fully saturated rings. The predicted molar refractivity (Wildman–Crippen MR) is 95.2 cm³/mol. The van der Waals surface area contributed by atoms with E-state index in [0.717, 1.165) is 50.5 Å². The molecule has 0 bridgehead atoms. The number of carbonyl (C=O) groups is 1. The van der Waals surface area contributed by atoms with Crippen LogP contribution in [0.1, 0.15) is 12.8 Å². The van der Waals surface area contributed by atoms with Gasteiger partial charge in [0.05, 0.1) is 19.5 Å². The van der Waals surface area contributed by atoms with Crippen molar-refractivity contribution in [2.75, 3.05) is 44.3 Å². The highest BCUT2D eigenvalue weighted by Gasteiger charge is 2.27. The van der Waals surface area contributed by atoms with E-state index in [1.165, 1.54) is 0 Å². The van der Waals surface area contributed by atoms with E-state index >= 15 is 0 Å². The number of nitrogens with one attached hydrogen (secondary N) is 1. The number of hydrazine groups is 1. The van der Waals surface area contributed by atoms with Crippen molar-refractivity contribution in [2.24, 2.45) is 5.92 Å². The van der Waals surface area contributed by atoms with E-state index in [2.05, 4.69) is 20.5 Å². The van der Waals surface area contributed by atoms with Crippen LogP contribution in [0.3, 0.4) is 0 Å². The number of hydrogen-bond acceptors (Lipinski definition) is 7. The van der Waals surface area contributed by atoms with Gasteiger partial charge in [-0.2, -0.15) is 0 Å². The molecule has 0 radical (unpaired) electrons. The molecular formula is C18H23N5O3. The molecule has 26 heavy (non-hydrogen) atoms. The number of rotatable bonds is 4. The van der Waals surface area contributed by atoms with Crippen molar-refractivity contribution >= 4 is 11.7 Å². The van der Waals surface area contributed by atoms with Crippen LogP contribution in [0, 0.1) is 5.92 Å². The molecule has 4 heterocycles. The highest BCUT2D eigenvalue weighted by molar-refractivity contribution is 5.78. The number of furan rings is 1. The lowest BCUT2D eigenvalue weighted by Gasteiger charge is -2.34. The molecule has 0 unspecified atom stereocenters. The van der Waals surface area contributed by atoms with Gasteiger partial charge in [-0.05, 0) is 37.1 Å². The van der Waals surface area contributed by atoms with Crippen molar-refractivity contribution in [2.45, 2.75) is 12.8 Å². The molecular weight excluding hydrogens is 334 g/mol. The quantitative estimate of drug-likeness (QED) is 0.883. The molecule has 2 aliphatic rings. The van der Waals surface area contributed by atoms with Crippen LogP contribution in [0.5, 0.6) is 0 Å². The summed E-state index contributed by atoms with van der Waals surface area (Å²) in [5.74, 6) is 1.71. The smallest absolute Gasteiger partial charge is 0.237 e. The Hall–Kier alpha value is -2.45. The maximum absolute atomic E-state index is 12.4. The average Bonchev–Trinajstić information content (AvgIpc) is 3.24. The SMILES string of the molecule is O=C(NN1CCOCC1)C1CCN(c2ccc(-c3ccco3)nn2)CC1. The minimum atomic E-state index is 0.0458. The number of nitrogens with zero attached hydrogens (tertiary/aromatic N) is 4. The number of piperidine rings is 1. The molecule has 8 heteroatoms. The summed E-state index contributed by atoms with van der Waals surface area (Å²) in [7, 11) is 0. The molecule has 8 nitrogen and oxygen atoms in total. The molecule has 2 saturated heterocycles. The standard InChI is InChI=1S/C18H23N5O3/c24-18(21-23-9-12-25-13-10-23)14-5-7-22(8-6-14)17-4-3-15(19-20-17)16-2-1-11-26-16/h1-4,11,14H,5-10,12-13H2,(H,21,24). The van der Waals surface area contributed by atoms with Gasteiger partial charge in [0.1, 0.15) is 5.69 Å². The fourth-order valence-electron chi connectivity index (χ4n) is 3.34. The number of ether oxygens (including phenoxy) is 1. The van der Waals surface area contributed by atoms with E-state index in [9.17, 15) is 4.79 Å². The Kier molecular flexibility index (Phi) is 5.12. The largest absolute Gasteiger partial charge is 0.463 e. The van der Waals surface area contributed by atoms with Gasteiger partial charge in [-0.1, -0.05) is 0 Å². The first kappa shape index (κ1) is 17.0. The third-order valence-electron chi connectivity index (χ3n) is 4.89. The highest BCUT2D eigenvalue weighted by atomic mass is 16.5. The van der Waals surface area contributed by atoms with Gasteiger partial charge in [0.25, 0.3) is 0 Å². The van der Waals surface area contributed by atoms with Crippen LogP contribution in [0.4, 0.5) is 5.82 Å². The second-order valence-electron chi connectivity index (χ2n) is 6.59. The van der Waals surface area contributed by atoms with Crippen molar-refractivity contribution in [3.63, 3.8) is 0 Å². The summed E-state index contributed by atoms with van der Waals surface area (Å²) in [6, 6.07) is 7.57. The first-order valence-corrected chi connectivity index (χ1v) is 9.05. The Morgan fingerprint density at radius 1 is 1.08 bits per heavy atom. The molecule has 1 N–H and O–H groups in total. The van der Waals surface area contributed by atoms with Crippen molar-refractivity contribution in [3.8, 4) is 11.5 Å². The third-order valence-corrected chi connectivity index (χ3v) is 4.89. The lowest BCUT2D eigenvalue weighted by Crippen LogP contribution is -2.51. The number of carbonyl (C=O) groups excluding carboxylic acids is 1. The zero-order valence-electron chi connectivity index (χ0n) is 14.6. The monoisotopic (exact) mass is 357 g/mol. The van der Waals surface area contributed by atoms with Crippen LogP contribution in [0.2, 0.25) is 0 Å². The molecule has 2 aromatic heterocycles. The number of anilines is 1. The fraction of sp³-hybridized carbons (Fsp3) is 0.500. The lowest BCUT2D eigenvalue weighted by atomic mass is 9.96. The molecule has 1 amide bonds. The van der Waals surface area contributed by atoms with Crippen molar-refractivity contribution < 1.29 is 13.9 Å². The third kappa shape index (κ3) is 3.86. The molecule has 0 spiro atoms. The summed E-state index contributed by atoms with van der Waals surface area (Å²) >= 11 is 0. The summed E-state index contributed by atoms with van der Waals surface area (Å²) in [5.41, 5.74) is 3.74. The normalized spacial score (nSPS) is 19.5. The van der Waals surface area contributed by atoms with Gasteiger partial charge < -0.3 is 14.1 Å². The van der Waals surface area contributed by atoms with Crippen molar-refractivity contribution in [3.05, 3.63) is 30.5 Å². The molecule has 2 aliphatic heterocycles. The summed E-state index contributed by atoms with van der Waals surface area (Å²) < 4.78 is 10.6. The molecule has 0 atom stereocenters. The predicted octanol–water partition coefficient (Wildman–Crippen LogP) is 1.32. The maximum Gasteiger partial charge on any atom is 0.237 e. The number of aromatic nitrogens is 2. The summed E-state index contributed by atoms with van der Waals surface area (Å²) in [6.45, 7) is 4.45. The van der Waals surface area contributed by atoms with Crippen LogP contribution in [-0.4, -0.2) is 60.5 Å². The second-order valence-corrected chi connectivity index (χ2v) is 6.59. The number of amides is 1. The van der Waals surface area contributed by atoms with Gasteiger partial charge in [0, 0.05) is 32.1 Å². The van der Waals surface area contributed by atoms with E-state index in [1.54, 1.807) is 6.26 Å². The van der Waals surface area contributed by atoms with E-state index in [4.69, 9.17) is 9.15 Å². The fourth-order valence-corrected chi connectivity index (χ4v) is 3.34. The van der Waals surface area contributed by atoms with Gasteiger partial charge in [0.15, 0.2) is 11.6 Å². The zero-order valence-corrected chi connectivity index (χ0v) is 14.6. The number of hydrogen-bond donors (Lipinski definition) is 1. The van der Waals surface area contributed by atoms with Gasteiger partial charge in [-0.15, -0.1) is 10.2 Å². The van der Waals surface area contributed by atoms with Gasteiger partial charge >= 0.3 is 0 Å². The molecule has 138 valence electrons. The van der Waals surface area contributed by atoms with Gasteiger partial charge in [-0.3, -0.25) is 10.2 Å². The Morgan fingerprint density at radius 3 is 2.54 bits per heavy atom. The van der Waals surface area contributed by atoms with Crippen LogP contribution in [-0.2, 0) is 9.53 Å². The minimum absolute atomic E-state index is 0.0458. The van der Waals surface area contributed by atoms with Gasteiger partial charge in [0.2, 0.25) is 5.91 Å². The summed E-state index contributed by atoms with van der Waals surface area (Å²) in [4.78, 5) is 14.6. The zero-order chi connectivity index (χ0) is 17.8. The topological polar surface area (TPSA) is 83.7 Å². The molecule has 0 aliphatic carbocycles. The molecule has 0 aromatic carbocycles.